The molecule has 0 N–H and O–H groups in total. The van der Waals surface area contributed by atoms with Crippen LogP contribution in [0, 0.1) is 0 Å². The Balaban J connectivity index is 2.61. The fraction of sp³-hybridized carbons (Fsp3) is 0.143. The van der Waals surface area contributed by atoms with Crippen LogP contribution in [0.1, 0.15) is 5.56 Å². The van der Waals surface area contributed by atoms with Crippen molar-refractivity contribution in [2.45, 2.75) is 5.75 Å². The summed E-state index contributed by atoms with van der Waals surface area (Å²) in [6.07, 6.45) is 0. The molecule has 9 heavy (non-hydrogen) atoms. The molecule has 0 aliphatic carbocycles. The molecule has 0 fully saturated rings. The van der Waals surface area contributed by atoms with Crippen molar-refractivity contribution < 1.29 is 0 Å². The third kappa shape index (κ3) is 2.58. The molecular weight excluding hydrogens is 243 g/mol. The van der Waals surface area contributed by atoms with Crippen molar-refractivity contribution in [2.75, 3.05) is 0 Å². The lowest BCUT2D eigenvalue weighted by Crippen LogP contribution is -1.73. The number of hydrogen-bond donors (Lipinski definition) is 0. The van der Waals surface area contributed by atoms with Gasteiger partial charge in [-0.25, -0.2) is 0 Å². The molecule has 0 nitrogen and oxygen atoms in total. The molecule has 0 unspecified atom stereocenters. The summed E-state index contributed by atoms with van der Waals surface area (Å²) in [4.78, 5) is 0. The van der Waals surface area contributed by atoms with Crippen LogP contribution < -0.4 is 0 Å². The summed E-state index contributed by atoms with van der Waals surface area (Å²) in [6.45, 7) is 0. The molecule has 0 saturated heterocycles. The third-order valence-corrected chi connectivity index (χ3v) is 2.44. The predicted octanol–water partition coefficient (Wildman–Crippen LogP) is 3.27. The van der Waals surface area contributed by atoms with Gasteiger partial charge < -0.3 is 0 Å². The number of halogens is 1. The van der Waals surface area contributed by atoms with Gasteiger partial charge in [0.2, 0.25) is 0 Å². The van der Waals surface area contributed by atoms with Gasteiger partial charge in [-0.2, -0.15) is 0 Å². The Morgan fingerprint density at radius 3 is 2.44 bits per heavy atom. The molecule has 0 spiro atoms. The normalized spacial score (nSPS) is 9.44. The summed E-state index contributed by atoms with van der Waals surface area (Å²) in [5.41, 5.74) is 1.40. The first-order valence-electron chi connectivity index (χ1n) is 2.71. The van der Waals surface area contributed by atoms with E-state index in [1.807, 2.05) is 15.0 Å². The van der Waals surface area contributed by atoms with Crippen LogP contribution in [-0.2, 0) is 5.75 Å². The predicted molar refractivity (Wildman–Crippen MR) is 51.8 cm³/mol. The van der Waals surface area contributed by atoms with Crippen molar-refractivity contribution >= 4 is 30.1 Å². The zero-order chi connectivity index (χ0) is 6.53. The van der Waals surface area contributed by atoms with E-state index in [-0.39, 0.29) is 0 Å². The van der Waals surface area contributed by atoms with Gasteiger partial charge in [0, 0.05) is 5.75 Å². The minimum Gasteiger partial charge on any atom is -0.0846 e. The smallest absolute Gasteiger partial charge is 0.0285 e. The van der Waals surface area contributed by atoms with Gasteiger partial charge in [-0.3, -0.25) is 0 Å². The monoisotopic (exact) mass is 250 g/mol. The van der Waals surface area contributed by atoms with E-state index in [9.17, 15) is 0 Å². The standard InChI is InChI=1S/C7H7IS/c8-9-6-7-4-2-1-3-5-7/h1-5H,6H2. The minimum atomic E-state index is 1.11. The van der Waals surface area contributed by atoms with Crippen molar-refractivity contribution in [1.29, 1.82) is 0 Å². The maximum absolute atomic E-state index is 2.31. The molecule has 0 atom stereocenters. The second-order valence-electron chi connectivity index (χ2n) is 1.74. The van der Waals surface area contributed by atoms with E-state index < -0.39 is 0 Å². The Hall–Kier alpha value is 0.300. The first-order valence-corrected chi connectivity index (χ1v) is 6.24. The summed E-state index contributed by atoms with van der Waals surface area (Å²) in [5.74, 6) is 1.11. The summed E-state index contributed by atoms with van der Waals surface area (Å²) in [5, 5.41) is 0. The van der Waals surface area contributed by atoms with Crippen LogP contribution >= 0.6 is 30.1 Å². The fourth-order valence-electron chi connectivity index (χ4n) is 0.637. The first-order chi connectivity index (χ1) is 4.43. The Kier molecular flexibility index (Phi) is 3.43. The average Bonchev–Trinajstić information content (AvgIpc) is 1.91. The van der Waals surface area contributed by atoms with E-state index in [4.69, 9.17) is 0 Å². The summed E-state index contributed by atoms with van der Waals surface area (Å²) in [6, 6.07) is 10.5. The van der Waals surface area contributed by atoms with Gasteiger partial charge in [-0.05, 0) is 26.8 Å². The van der Waals surface area contributed by atoms with Crippen LogP contribution in [0.5, 0.6) is 0 Å². The highest BCUT2D eigenvalue weighted by Crippen LogP contribution is 2.17. The lowest BCUT2D eigenvalue weighted by Gasteiger charge is -1.92. The van der Waals surface area contributed by atoms with E-state index in [1.54, 1.807) is 0 Å². The Labute approximate surface area is 71.6 Å². The zero-order valence-corrected chi connectivity index (χ0v) is 7.85. The molecule has 0 bridgehead atoms. The molecule has 1 aromatic rings. The molecule has 2 heteroatoms. The maximum atomic E-state index is 2.31. The van der Waals surface area contributed by atoms with Crippen LogP contribution in [-0.4, -0.2) is 0 Å². The largest absolute Gasteiger partial charge is 0.0846 e. The lowest BCUT2D eigenvalue weighted by atomic mass is 10.2. The highest BCUT2D eigenvalue weighted by molar-refractivity contribution is 14.2. The second-order valence-corrected chi connectivity index (χ2v) is 4.11. The van der Waals surface area contributed by atoms with Crippen molar-refractivity contribution in [2.24, 2.45) is 0 Å². The Morgan fingerprint density at radius 1 is 1.22 bits per heavy atom. The summed E-state index contributed by atoms with van der Waals surface area (Å²) in [7, 11) is 1.82. The highest BCUT2D eigenvalue weighted by atomic mass is 127. The first kappa shape index (κ1) is 7.41. The van der Waals surface area contributed by atoms with Crippen molar-refractivity contribution in [3.63, 3.8) is 0 Å². The Bertz CT molecular complexity index is 162. The number of benzene rings is 1. The average molecular weight is 250 g/mol. The van der Waals surface area contributed by atoms with Crippen molar-refractivity contribution in [1.82, 2.24) is 0 Å². The third-order valence-electron chi connectivity index (χ3n) is 1.06. The van der Waals surface area contributed by atoms with E-state index >= 15 is 0 Å². The SMILES string of the molecule is ISCc1ccccc1. The van der Waals surface area contributed by atoms with Gasteiger partial charge in [0.15, 0.2) is 0 Å². The second kappa shape index (κ2) is 4.17. The highest BCUT2D eigenvalue weighted by Gasteiger charge is 1.85. The maximum Gasteiger partial charge on any atom is 0.0285 e. The van der Waals surface area contributed by atoms with E-state index in [0.29, 0.717) is 0 Å². The molecule has 0 radical (unpaired) electrons. The van der Waals surface area contributed by atoms with Gasteiger partial charge in [0.25, 0.3) is 0 Å². The number of hydrogen-bond acceptors (Lipinski definition) is 1. The van der Waals surface area contributed by atoms with Crippen LogP contribution in [0.25, 0.3) is 0 Å². The molecule has 0 aliphatic heterocycles. The topological polar surface area (TPSA) is 0 Å². The van der Waals surface area contributed by atoms with Gasteiger partial charge in [-0.15, -0.1) is 0 Å². The van der Waals surface area contributed by atoms with Gasteiger partial charge >= 0.3 is 0 Å². The molecule has 0 heterocycles. The van der Waals surface area contributed by atoms with Crippen LogP contribution in [0.4, 0.5) is 0 Å². The van der Waals surface area contributed by atoms with Crippen LogP contribution in [0.3, 0.4) is 0 Å². The zero-order valence-electron chi connectivity index (χ0n) is 4.88. The van der Waals surface area contributed by atoms with E-state index in [0.717, 1.165) is 5.75 Å². The molecule has 0 amide bonds. The van der Waals surface area contributed by atoms with Gasteiger partial charge in [0.1, 0.15) is 0 Å². The summed E-state index contributed by atoms with van der Waals surface area (Å²) < 4.78 is 0. The Morgan fingerprint density at radius 2 is 1.89 bits per heavy atom. The molecule has 1 rings (SSSR count). The van der Waals surface area contributed by atoms with Crippen molar-refractivity contribution in [3.05, 3.63) is 35.9 Å². The fourth-order valence-corrected chi connectivity index (χ4v) is 2.03. The molecule has 48 valence electrons. The number of rotatable bonds is 2. The molecule has 0 aromatic heterocycles. The van der Waals surface area contributed by atoms with E-state index in [1.165, 1.54) is 5.56 Å². The molecule has 1 aromatic carbocycles. The lowest BCUT2D eigenvalue weighted by molar-refractivity contribution is 1.43. The van der Waals surface area contributed by atoms with Crippen LogP contribution in [0.2, 0.25) is 0 Å². The quantitative estimate of drug-likeness (QED) is 0.726. The molecule has 0 saturated carbocycles. The molecule has 0 aliphatic rings. The summed E-state index contributed by atoms with van der Waals surface area (Å²) >= 11 is 2.31. The van der Waals surface area contributed by atoms with Crippen molar-refractivity contribution in [3.8, 4) is 0 Å². The van der Waals surface area contributed by atoms with E-state index in [2.05, 4.69) is 45.5 Å². The van der Waals surface area contributed by atoms with Gasteiger partial charge in [-0.1, -0.05) is 39.3 Å². The minimum absolute atomic E-state index is 1.11. The van der Waals surface area contributed by atoms with Gasteiger partial charge in [0.05, 0.1) is 0 Å². The molecular formula is C7H7IS. The van der Waals surface area contributed by atoms with Crippen LogP contribution in [0.15, 0.2) is 30.3 Å².